The molecule has 1 N–H and O–H groups in total. The van der Waals surface area contributed by atoms with Gasteiger partial charge in [-0.25, -0.2) is 0 Å². The van der Waals surface area contributed by atoms with Crippen molar-refractivity contribution in [3.8, 4) is 5.75 Å². The Kier molecular flexibility index (Phi) is 6.50. The summed E-state index contributed by atoms with van der Waals surface area (Å²) in [6.07, 6.45) is 0.163. The van der Waals surface area contributed by atoms with Gasteiger partial charge in [0.2, 0.25) is 0 Å². The molecule has 2 atom stereocenters. The molecule has 3 nitrogen and oxygen atoms in total. The molecule has 1 aromatic carbocycles. The van der Waals surface area contributed by atoms with Gasteiger partial charge < -0.3 is 14.8 Å². The SMILES string of the molecule is CCOC(C(C)C)C(NC)c1cc(C)c(OC)cc1C. The Morgan fingerprint density at radius 1 is 1.15 bits per heavy atom. The molecule has 1 rings (SSSR count). The van der Waals surface area contributed by atoms with E-state index in [0.29, 0.717) is 5.92 Å². The van der Waals surface area contributed by atoms with Crippen LogP contribution in [0.1, 0.15) is 43.5 Å². The topological polar surface area (TPSA) is 30.5 Å². The van der Waals surface area contributed by atoms with E-state index in [1.165, 1.54) is 11.1 Å². The van der Waals surface area contributed by atoms with E-state index in [0.717, 1.165) is 17.9 Å². The van der Waals surface area contributed by atoms with Crippen LogP contribution < -0.4 is 10.1 Å². The Balaban J connectivity index is 3.20. The second-order valence-electron chi connectivity index (χ2n) is 5.61. The van der Waals surface area contributed by atoms with Gasteiger partial charge in [-0.15, -0.1) is 0 Å². The molecule has 0 aliphatic carbocycles. The second kappa shape index (κ2) is 7.65. The van der Waals surface area contributed by atoms with Crippen LogP contribution in [0.4, 0.5) is 0 Å². The van der Waals surface area contributed by atoms with Crippen molar-refractivity contribution in [1.29, 1.82) is 0 Å². The molecule has 0 saturated carbocycles. The van der Waals surface area contributed by atoms with Crippen LogP contribution in [0.15, 0.2) is 12.1 Å². The highest BCUT2D eigenvalue weighted by molar-refractivity contribution is 5.43. The molecule has 0 aliphatic heterocycles. The summed E-state index contributed by atoms with van der Waals surface area (Å²) in [5.41, 5.74) is 3.68. The summed E-state index contributed by atoms with van der Waals surface area (Å²) < 4.78 is 11.4. The summed E-state index contributed by atoms with van der Waals surface area (Å²) in [5, 5.41) is 3.42. The van der Waals surface area contributed by atoms with Gasteiger partial charge >= 0.3 is 0 Å². The predicted octanol–water partition coefficient (Wildman–Crippen LogP) is 3.63. The minimum Gasteiger partial charge on any atom is -0.496 e. The third-order valence-corrected chi connectivity index (χ3v) is 3.77. The number of methoxy groups -OCH3 is 1. The van der Waals surface area contributed by atoms with Gasteiger partial charge in [-0.1, -0.05) is 19.9 Å². The fraction of sp³-hybridized carbons (Fsp3) is 0.647. The van der Waals surface area contributed by atoms with Crippen LogP contribution in [0.5, 0.6) is 5.75 Å². The Bertz CT molecular complexity index is 429. The van der Waals surface area contributed by atoms with Gasteiger partial charge in [-0.3, -0.25) is 0 Å². The van der Waals surface area contributed by atoms with Crippen LogP contribution in [-0.2, 0) is 4.74 Å². The Morgan fingerprint density at radius 3 is 2.25 bits per heavy atom. The molecule has 0 fully saturated rings. The summed E-state index contributed by atoms with van der Waals surface area (Å²) in [6, 6.07) is 4.52. The third-order valence-electron chi connectivity index (χ3n) is 3.77. The molecule has 0 amide bonds. The molecule has 2 unspecified atom stereocenters. The largest absolute Gasteiger partial charge is 0.496 e. The number of likely N-dealkylation sites (N-methyl/N-ethyl adjacent to an activating group) is 1. The van der Waals surface area contributed by atoms with E-state index in [1.54, 1.807) is 7.11 Å². The van der Waals surface area contributed by atoms with Crippen molar-refractivity contribution in [3.63, 3.8) is 0 Å². The lowest BCUT2D eigenvalue weighted by Crippen LogP contribution is -2.36. The van der Waals surface area contributed by atoms with Gasteiger partial charge in [0.25, 0.3) is 0 Å². The van der Waals surface area contributed by atoms with E-state index in [4.69, 9.17) is 9.47 Å². The molecule has 0 radical (unpaired) electrons. The molecule has 0 aliphatic rings. The lowest BCUT2D eigenvalue weighted by atomic mass is 9.89. The maximum Gasteiger partial charge on any atom is 0.122 e. The van der Waals surface area contributed by atoms with Gasteiger partial charge in [0.1, 0.15) is 5.75 Å². The fourth-order valence-corrected chi connectivity index (χ4v) is 2.73. The Morgan fingerprint density at radius 2 is 1.80 bits per heavy atom. The Hall–Kier alpha value is -1.06. The number of nitrogens with one attached hydrogen (secondary N) is 1. The van der Waals surface area contributed by atoms with Crippen molar-refractivity contribution in [2.45, 2.75) is 46.8 Å². The maximum absolute atomic E-state index is 5.97. The van der Waals surface area contributed by atoms with Crippen LogP contribution in [0.25, 0.3) is 0 Å². The van der Waals surface area contributed by atoms with Crippen molar-refractivity contribution in [2.24, 2.45) is 5.92 Å². The molecule has 3 heteroatoms. The number of rotatable bonds is 7. The van der Waals surface area contributed by atoms with Crippen LogP contribution in [0, 0.1) is 19.8 Å². The summed E-state index contributed by atoms with van der Waals surface area (Å²) in [4.78, 5) is 0. The smallest absolute Gasteiger partial charge is 0.122 e. The number of hydrogen-bond acceptors (Lipinski definition) is 3. The van der Waals surface area contributed by atoms with E-state index >= 15 is 0 Å². The summed E-state index contributed by atoms with van der Waals surface area (Å²) in [7, 11) is 3.71. The van der Waals surface area contributed by atoms with Crippen LogP contribution in [-0.4, -0.2) is 26.9 Å². The zero-order valence-corrected chi connectivity index (χ0v) is 13.9. The molecule has 114 valence electrons. The zero-order chi connectivity index (χ0) is 15.3. The maximum atomic E-state index is 5.97. The predicted molar refractivity (Wildman–Crippen MR) is 84.5 cm³/mol. The minimum absolute atomic E-state index is 0.163. The number of aryl methyl sites for hydroxylation is 2. The first kappa shape index (κ1) is 17.0. The summed E-state index contributed by atoms with van der Waals surface area (Å²) in [5.74, 6) is 1.40. The first-order chi connectivity index (χ1) is 9.46. The van der Waals surface area contributed by atoms with E-state index < -0.39 is 0 Å². The van der Waals surface area contributed by atoms with Crippen molar-refractivity contribution < 1.29 is 9.47 Å². The highest BCUT2D eigenvalue weighted by atomic mass is 16.5. The average molecular weight is 279 g/mol. The monoisotopic (exact) mass is 279 g/mol. The van der Waals surface area contributed by atoms with E-state index in [9.17, 15) is 0 Å². The van der Waals surface area contributed by atoms with Gasteiger partial charge in [-0.05, 0) is 56.5 Å². The molecule has 0 aromatic heterocycles. The number of hydrogen-bond donors (Lipinski definition) is 1. The average Bonchev–Trinajstić information content (AvgIpc) is 2.41. The molecular weight excluding hydrogens is 250 g/mol. The number of ether oxygens (including phenoxy) is 2. The lowest BCUT2D eigenvalue weighted by molar-refractivity contribution is 0.00444. The van der Waals surface area contributed by atoms with E-state index in [-0.39, 0.29) is 12.1 Å². The van der Waals surface area contributed by atoms with Crippen LogP contribution >= 0.6 is 0 Å². The molecule has 0 bridgehead atoms. The molecule has 20 heavy (non-hydrogen) atoms. The summed E-state index contributed by atoms with van der Waals surface area (Å²) >= 11 is 0. The van der Waals surface area contributed by atoms with Crippen molar-refractivity contribution >= 4 is 0 Å². The van der Waals surface area contributed by atoms with E-state index in [1.807, 2.05) is 14.0 Å². The first-order valence-corrected chi connectivity index (χ1v) is 7.40. The minimum atomic E-state index is 0.163. The van der Waals surface area contributed by atoms with Crippen molar-refractivity contribution in [3.05, 3.63) is 28.8 Å². The molecule has 0 spiro atoms. The third kappa shape index (κ3) is 3.74. The summed E-state index contributed by atoms with van der Waals surface area (Å²) in [6.45, 7) is 11.4. The molecule has 1 aromatic rings. The molecule has 0 saturated heterocycles. The molecular formula is C17H29NO2. The quantitative estimate of drug-likeness (QED) is 0.826. The van der Waals surface area contributed by atoms with Gasteiger partial charge in [0, 0.05) is 6.61 Å². The number of benzene rings is 1. The fourth-order valence-electron chi connectivity index (χ4n) is 2.73. The van der Waals surface area contributed by atoms with Crippen molar-refractivity contribution in [2.75, 3.05) is 20.8 Å². The van der Waals surface area contributed by atoms with Gasteiger partial charge in [0.05, 0.1) is 19.3 Å². The molecule has 0 heterocycles. The standard InChI is InChI=1S/C17H29NO2/c1-8-20-17(11(2)3)16(18-6)14-9-13(5)15(19-7)10-12(14)4/h9-11,16-18H,8H2,1-7H3. The van der Waals surface area contributed by atoms with Crippen molar-refractivity contribution in [1.82, 2.24) is 5.32 Å². The first-order valence-electron chi connectivity index (χ1n) is 7.40. The lowest BCUT2D eigenvalue weighted by Gasteiger charge is -2.31. The normalized spacial score (nSPS) is 14.4. The zero-order valence-electron chi connectivity index (χ0n) is 13.9. The van der Waals surface area contributed by atoms with Gasteiger partial charge in [-0.2, -0.15) is 0 Å². The second-order valence-corrected chi connectivity index (χ2v) is 5.61. The van der Waals surface area contributed by atoms with Gasteiger partial charge in [0.15, 0.2) is 0 Å². The van der Waals surface area contributed by atoms with Crippen LogP contribution in [0.2, 0.25) is 0 Å². The van der Waals surface area contributed by atoms with E-state index in [2.05, 4.69) is 45.1 Å². The van der Waals surface area contributed by atoms with Crippen LogP contribution in [0.3, 0.4) is 0 Å². The highest BCUT2D eigenvalue weighted by Gasteiger charge is 2.27. The highest BCUT2D eigenvalue weighted by Crippen LogP contribution is 2.31. The Labute approximate surface area is 123 Å².